The van der Waals surface area contributed by atoms with E-state index in [1.807, 2.05) is 24.3 Å². The number of benzene rings is 1. The summed E-state index contributed by atoms with van der Waals surface area (Å²) in [5.41, 5.74) is 7.04. The number of hydrogen-bond donors (Lipinski definition) is 4. The number of hydrogen-bond acceptors (Lipinski definition) is 3. The molecule has 0 saturated heterocycles. The first-order valence-electron chi connectivity index (χ1n) is 8.54. The number of para-hydroxylation sites is 1. The van der Waals surface area contributed by atoms with E-state index in [0.29, 0.717) is 18.5 Å². The molecule has 6 nitrogen and oxygen atoms in total. The van der Waals surface area contributed by atoms with Gasteiger partial charge in [0.15, 0.2) is 0 Å². The maximum absolute atomic E-state index is 12.5. The second-order valence-corrected chi connectivity index (χ2v) is 6.38. The number of fused-ring (bicyclic) bond motifs is 1. The topological polar surface area (TPSA) is 100 Å². The summed E-state index contributed by atoms with van der Waals surface area (Å²) in [6.45, 7) is 0.377. The summed E-state index contributed by atoms with van der Waals surface area (Å²) in [5, 5.41) is 7.07. The van der Waals surface area contributed by atoms with Gasteiger partial charge in [-0.25, -0.2) is 0 Å². The summed E-state index contributed by atoms with van der Waals surface area (Å²) in [7, 11) is 0. The highest BCUT2D eigenvalue weighted by Crippen LogP contribution is 2.21. The zero-order chi connectivity index (χ0) is 16.9. The molecule has 2 aromatic rings. The Morgan fingerprint density at radius 1 is 1.08 bits per heavy atom. The summed E-state index contributed by atoms with van der Waals surface area (Å²) in [4.78, 5) is 27.2. The maximum Gasteiger partial charge on any atom is 0.253 e. The lowest BCUT2D eigenvalue weighted by Gasteiger charge is -2.29. The van der Waals surface area contributed by atoms with E-state index in [-0.39, 0.29) is 23.9 Å². The fourth-order valence-corrected chi connectivity index (χ4v) is 3.34. The second kappa shape index (κ2) is 7.49. The summed E-state index contributed by atoms with van der Waals surface area (Å²) >= 11 is 0. The van der Waals surface area contributed by atoms with Crippen LogP contribution in [0.5, 0.6) is 0 Å². The van der Waals surface area contributed by atoms with Gasteiger partial charge in [0, 0.05) is 42.1 Å². The molecule has 6 heteroatoms. The van der Waals surface area contributed by atoms with Crippen molar-refractivity contribution in [3.05, 3.63) is 36.0 Å². The molecule has 0 aliphatic heterocycles. The molecule has 3 rings (SSSR count). The molecule has 1 aliphatic carbocycles. The van der Waals surface area contributed by atoms with Crippen LogP contribution in [0.4, 0.5) is 0 Å². The summed E-state index contributed by atoms with van der Waals surface area (Å²) < 4.78 is 0. The van der Waals surface area contributed by atoms with Gasteiger partial charge < -0.3 is 21.4 Å². The minimum Gasteiger partial charge on any atom is -0.360 e. The molecule has 1 heterocycles. The van der Waals surface area contributed by atoms with Crippen molar-refractivity contribution in [3.8, 4) is 0 Å². The Labute approximate surface area is 141 Å². The van der Waals surface area contributed by atoms with Crippen molar-refractivity contribution >= 4 is 22.7 Å². The third kappa shape index (κ3) is 3.76. The Morgan fingerprint density at radius 2 is 1.75 bits per heavy atom. The lowest BCUT2D eigenvalue weighted by atomic mass is 9.91. The number of nitrogens with one attached hydrogen (secondary N) is 3. The number of aromatic amines is 1. The minimum absolute atomic E-state index is 0.0174. The van der Waals surface area contributed by atoms with Gasteiger partial charge in [-0.15, -0.1) is 0 Å². The van der Waals surface area contributed by atoms with Crippen molar-refractivity contribution in [2.24, 2.45) is 5.73 Å². The zero-order valence-electron chi connectivity index (χ0n) is 13.7. The maximum atomic E-state index is 12.5. The molecule has 0 bridgehead atoms. The molecule has 2 amide bonds. The second-order valence-electron chi connectivity index (χ2n) is 6.38. The highest BCUT2D eigenvalue weighted by molar-refractivity contribution is 6.06. The average Bonchev–Trinajstić information content (AvgIpc) is 3.01. The molecule has 1 aromatic heterocycles. The Kier molecular flexibility index (Phi) is 5.15. The van der Waals surface area contributed by atoms with Crippen molar-refractivity contribution in [2.75, 3.05) is 6.54 Å². The molecule has 0 radical (unpaired) electrons. The third-order valence-corrected chi connectivity index (χ3v) is 4.63. The van der Waals surface area contributed by atoms with E-state index in [1.165, 1.54) is 0 Å². The predicted molar refractivity (Wildman–Crippen MR) is 93.6 cm³/mol. The van der Waals surface area contributed by atoms with Gasteiger partial charge in [0.05, 0.1) is 5.56 Å². The van der Waals surface area contributed by atoms with E-state index in [1.54, 1.807) is 6.20 Å². The largest absolute Gasteiger partial charge is 0.360 e. The fraction of sp³-hybridized carbons (Fsp3) is 0.444. The predicted octanol–water partition coefficient (Wildman–Crippen LogP) is 1.67. The van der Waals surface area contributed by atoms with Crippen LogP contribution in [0.3, 0.4) is 0 Å². The van der Waals surface area contributed by atoms with Crippen LogP contribution in [0.2, 0.25) is 0 Å². The first kappa shape index (κ1) is 16.5. The van der Waals surface area contributed by atoms with Gasteiger partial charge in [-0.05, 0) is 31.7 Å². The standard InChI is InChI=1S/C18H24N4O2/c19-10-9-17(23)21-12-5-7-13(8-6-12)22-18(24)15-11-20-16-4-2-1-3-14(15)16/h1-4,11-13,20H,5-10,19H2,(H,21,23)(H,22,24)/t12-,13-. The molecular weight excluding hydrogens is 304 g/mol. The van der Waals surface area contributed by atoms with Gasteiger partial charge >= 0.3 is 0 Å². The molecule has 0 spiro atoms. The average molecular weight is 328 g/mol. The van der Waals surface area contributed by atoms with Crippen LogP contribution in [0.1, 0.15) is 42.5 Å². The number of amides is 2. The van der Waals surface area contributed by atoms with Gasteiger partial charge in [0.25, 0.3) is 5.91 Å². The monoisotopic (exact) mass is 328 g/mol. The van der Waals surface area contributed by atoms with Crippen molar-refractivity contribution in [3.63, 3.8) is 0 Å². The van der Waals surface area contributed by atoms with E-state index in [2.05, 4.69) is 15.6 Å². The first-order chi connectivity index (χ1) is 11.7. The van der Waals surface area contributed by atoms with Crippen LogP contribution in [-0.2, 0) is 4.79 Å². The normalized spacial score (nSPS) is 20.7. The molecule has 1 aliphatic rings. The number of carbonyl (C=O) groups is 2. The third-order valence-electron chi connectivity index (χ3n) is 4.63. The highest BCUT2D eigenvalue weighted by Gasteiger charge is 2.24. The van der Waals surface area contributed by atoms with Gasteiger partial charge in [0.2, 0.25) is 5.91 Å². The Morgan fingerprint density at radius 3 is 2.46 bits per heavy atom. The van der Waals surface area contributed by atoms with Gasteiger partial charge in [0.1, 0.15) is 0 Å². The van der Waals surface area contributed by atoms with Crippen LogP contribution in [0, 0.1) is 0 Å². The SMILES string of the molecule is NCCC(=O)N[C@H]1CC[C@H](NC(=O)c2c[nH]c3ccccc23)CC1. The highest BCUT2D eigenvalue weighted by atomic mass is 16.2. The molecule has 1 aromatic carbocycles. The molecule has 0 atom stereocenters. The number of aromatic nitrogens is 1. The molecule has 1 saturated carbocycles. The smallest absolute Gasteiger partial charge is 0.253 e. The van der Waals surface area contributed by atoms with Crippen LogP contribution < -0.4 is 16.4 Å². The van der Waals surface area contributed by atoms with Crippen molar-refractivity contribution < 1.29 is 9.59 Å². The fourth-order valence-electron chi connectivity index (χ4n) is 3.34. The first-order valence-corrected chi connectivity index (χ1v) is 8.54. The van der Waals surface area contributed by atoms with Crippen molar-refractivity contribution in [2.45, 2.75) is 44.2 Å². The molecule has 1 fully saturated rings. The molecule has 5 N–H and O–H groups in total. The van der Waals surface area contributed by atoms with E-state index < -0.39 is 0 Å². The van der Waals surface area contributed by atoms with Crippen molar-refractivity contribution in [1.29, 1.82) is 0 Å². The van der Waals surface area contributed by atoms with E-state index in [0.717, 1.165) is 36.6 Å². The van der Waals surface area contributed by atoms with Crippen LogP contribution in [0.15, 0.2) is 30.5 Å². The van der Waals surface area contributed by atoms with E-state index in [4.69, 9.17) is 5.73 Å². The van der Waals surface area contributed by atoms with Crippen LogP contribution >= 0.6 is 0 Å². The van der Waals surface area contributed by atoms with Crippen LogP contribution in [0.25, 0.3) is 10.9 Å². The summed E-state index contributed by atoms with van der Waals surface area (Å²) in [6, 6.07) is 8.15. The zero-order valence-corrected chi connectivity index (χ0v) is 13.7. The number of nitrogens with two attached hydrogens (primary N) is 1. The number of rotatable bonds is 5. The van der Waals surface area contributed by atoms with Gasteiger partial charge in [-0.2, -0.15) is 0 Å². The molecule has 24 heavy (non-hydrogen) atoms. The summed E-state index contributed by atoms with van der Waals surface area (Å²) in [5.74, 6) is -0.0214. The lowest BCUT2D eigenvalue weighted by molar-refractivity contribution is -0.121. The molecule has 128 valence electrons. The quantitative estimate of drug-likeness (QED) is 0.672. The Bertz CT molecular complexity index is 717. The summed E-state index contributed by atoms with van der Waals surface area (Å²) in [6.07, 6.45) is 5.66. The molecule has 0 unspecified atom stereocenters. The lowest BCUT2D eigenvalue weighted by Crippen LogP contribution is -2.44. The number of carbonyl (C=O) groups excluding carboxylic acids is 2. The van der Waals surface area contributed by atoms with E-state index in [9.17, 15) is 9.59 Å². The van der Waals surface area contributed by atoms with Crippen LogP contribution in [-0.4, -0.2) is 35.4 Å². The van der Waals surface area contributed by atoms with E-state index >= 15 is 0 Å². The van der Waals surface area contributed by atoms with Gasteiger partial charge in [-0.3, -0.25) is 9.59 Å². The van der Waals surface area contributed by atoms with Crippen molar-refractivity contribution in [1.82, 2.24) is 15.6 Å². The molecular formula is C18H24N4O2. The Balaban J connectivity index is 1.53. The van der Waals surface area contributed by atoms with Gasteiger partial charge in [-0.1, -0.05) is 18.2 Å². The number of H-pyrrole nitrogens is 1. The Hall–Kier alpha value is -2.34. The minimum atomic E-state index is -0.0388.